The molecule has 27 heavy (non-hydrogen) atoms. The van der Waals surface area contributed by atoms with E-state index in [0.717, 1.165) is 49.7 Å². The van der Waals surface area contributed by atoms with E-state index in [4.69, 9.17) is 4.99 Å². The zero-order valence-electron chi connectivity index (χ0n) is 16.5. The first kappa shape index (κ1) is 18.3. The molecule has 0 unspecified atom stereocenters. The number of nitrogens with zero attached hydrogens (tertiary/aromatic N) is 2. The van der Waals surface area contributed by atoms with Crippen LogP contribution in [0.4, 0.5) is 5.69 Å². The van der Waals surface area contributed by atoms with Gasteiger partial charge in [-0.1, -0.05) is 25.0 Å². The molecule has 2 N–H and O–H groups in total. The average Bonchev–Trinajstić information content (AvgIpc) is 3.03. The minimum Gasteiger partial charge on any atom is -0.357 e. The smallest absolute Gasteiger partial charge is 0.227 e. The van der Waals surface area contributed by atoms with E-state index < -0.39 is 0 Å². The second kappa shape index (κ2) is 7.91. The van der Waals surface area contributed by atoms with Gasteiger partial charge >= 0.3 is 0 Å². The number of anilines is 1. The summed E-state index contributed by atoms with van der Waals surface area (Å²) >= 11 is 0. The third-order valence-electron chi connectivity index (χ3n) is 6.57. The molecule has 5 heteroatoms. The number of hydrogen-bond acceptors (Lipinski definition) is 2. The van der Waals surface area contributed by atoms with Crippen molar-refractivity contribution in [2.24, 2.45) is 16.3 Å². The van der Waals surface area contributed by atoms with Gasteiger partial charge in [0.05, 0.1) is 6.54 Å². The molecule has 1 aromatic carbocycles. The lowest BCUT2D eigenvalue weighted by molar-refractivity contribution is -0.122. The Bertz CT molecular complexity index is 706. The number of carbonyl (C=O) groups excluding carboxylic acids is 1. The van der Waals surface area contributed by atoms with Crippen molar-refractivity contribution in [3.8, 4) is 0 Å². The minimum absolute atomic E-state index is 0.165. The van der Waals surface area contributed by atoms with Crippen LogP contribution in [-0.2, 0) is 11.3 Å². The van der Waals surface area contributed by atoms with Gasteiger partial charge in [-0.15, -0.1) is 0 Å². The summed E-state index contributed by atoms with van der Waals surface area (Å²) < 4.78 is 0. The number of aliphatic imine (C=N–C) groups is 1. The van der Waals surface area contributed by atoms with E-state index >= 15 is 0 Å². The van der Waals surface area contributed by atoms with Crippen molar-refractivity contribution in [1.29, 1.82) is 0 Å². The zero-order valence-corrected chi connectivity index (χ0v) is 16.5. The number of guanidine groups is 1. The van der Waals surface area contributed by atoms with Crippen molar-refractivity contribution < 1.29 is 4.79 Å². The Hall–Kier alpha value is -2.04. The van der Waals surface area contributed by atoms with E-state index in [1.807, 2.05) is 12.1 Å². The van der Waals surface area contributed by atoms with Gasteiger partial charge in [-0.25, -0.2) is 4.99 Å². The van der Waals surface area contributed by atoms with Crippen LogP contribution in [0.3, 0.4) is 0 Å². The fourth-order valence-electron chi connectivity index (χ4n) is 4.45. The van der Waals surface area contributed by atoms with Crippen LogP contribution in [0.2, 0.25) is 0 Å². The highest BCUT2D eigenvalue weighted by Gasteiger charge is 2.43. The molecule has 0 radical (unpaired) electrons. The average molecular weight is 369 g/mol. The molecule has 146 valence electrons. The van der Waals surface area contributed by atoms with Crippen LogP contribution in [-0.4, -0.2) is 36.4 Å². The Kier molecular flexibility index (Phi) is 5.37. The molecule has 1 saturated heterocycles. The first-order chi connectivity index (χ1) is 13.2. The summed E-state index contributed by atoms with van der Waals surface area (Å²) in [5, 5.41) is 6.53. The highest BCUT2D eigenvalue weighted by Crippen LogP contribution is 2.47. The van der Waals surface area contributed by atoms with Crippen LogP contribution < -0.4 is 10.6 Å². The number of carbonyl (C=O) groups is 1. The number of hydrogen-bond donors (Lipinski definition) is 2. The van der Waals surface area contributed by atoms with E-state index in [-0.39, 0.29) is 11.8 Å². The van der Waals surface area contributed by atoms with Gasteiger partial charge in [-0.3, -0.25) is 4.79 Å². The third kappa shape index (κ3) is 4.12. The Labute approximate surface area is 162 Å². The number of rotatable bonds is 5. The molecule has 1 spiro atoms. The van der Waals surface area contributed by atoms with Gasteiger partial charge < -0.3 is 15.5 Å². The van der Waals surface area contributed by atoms with Gasteiger partial charge in [-0.2, -0.15) is 0 Å². The number of benzene rings is 1. The third-order valence-corrected chi connectivity index (χ3v) is 6.57. The maximum absolute atomic E-state index is 12.2. The van der Waals surface area contributed by atoms with Gasteiger partial charge in [0.2, 0.25) is 5.91 Å². The Balaban J connectivity index is 1.39. The van der Waals surface area contributed by atoms with Gasteiger partial charge in [0.25, 0.3) is 0 Å². The summed E-state index contributed by atoms with van der Waals surface area (Å²) in [6.45, 7) is 5.92. The fraction of sp³-hybridized carbons (Fsp3) is 0.636. The quantitative estimate of drug-likeness (QED) is 0.614. The molecule has 2 aliphatic carbocycles. The minimum atomic E-state index is 0.165. The molecule has 3 fully saturated rings. The van der Waals surface area contributed by atoms with Gasteiger partial charge in [0, 0.05) is 31.2 Å². The summed E-state index contributed by atoms with van der Waals surface area (Å²) in [6, 6.07) is 8.12. The summed E-state index contributed by atoms with van der Waals surface area (Å²) in [6.07, 6.45) is 8.69. The van der Waals surface area contributed by atoms with Crippen molar-refractivity contribution in [1.82, 2.24) is 10.2 Å². The summed E-state index contributed by atoms with van der Waals surface area (Å²) in [5.41, 5.74) is 2.59. The highest BCUT2D eigenvalue weighted by molar-refractivity contribution is 5.93. The van der Waals surface area contributed by atoms with Gasteiger partial charge in [-0.05, 0) is 62.1 Å². The summed E-state index contributed by atoms with van der Waals surface area (Å²) in [7, 11) is 0. The molecule has 0 aromatic heterocycles. The molecule has 4 rings (SSSR count). The first-order valence-electron chi connectivity index (χ1n) is 10.6. The topological polar surface area (TPSA) is 56.7 Å². The Morgan fingerprint density at radius 2 is 2.11 bits per heavy atom. The van der Waals surface area contributed by atoms with E-state index in [2.05, 4.69) is 34.6 Å². The monoisotopic (exact) mass is 368 g/mol. The number of nitrogens with one attached hydrogen (secondary N) is 2. The highest BCUT2D eigenvalue weighted by atomic mass is 16.1. The van der Waals surface area contributed by atoms with Crippen LogP contribution in [0.15, 0.2) is 29.3 Å². The molecule has 2 saturated carbocycles. The van der Waals surface area contributed by atoms with Crippen LogP contribution in [0.25, 0.3) is 0 Å². The molecule has 5 nitrogen and oxygen atoms in total. The second-order valence-corrected chi connectivity index (χ2v) is 8.51. The Morgan fingerprint density at radius 3 is 2.74 bits per heavy atom. The van der Waals surface area contributed by atoms with Gasteiger partial charge in [0.1, 0.15) is 0 Å². The maximum atomic E-state index is 12.2. The largest absolute Gasteiger partial charge is 0.357 e. The van der Waals surface area contributed by atoms with Crippen LogP contribution in [0.1, 0.15) is 57.4 Å². The van der Waals surface area contributed by atoms with Crippen molar-refractivity contribution in [2.45, 2.75) is 58.4 Å². The Morgan fingerprint density at radius 1 is 1.26 bits per heavy atom. The van der Waals surface area contributed by atoms with Crippen molar-refractivity contribution in [3.05, 3.63) is 29.8 Å². The lowest BCUT2D eigenvalue weighted by Gasteiger charge is -2.38. The molecule has 1 amide bonds. The SMILES string of the molecule is CCNC(=NCc1cccc(NC(=O)C2CCC2)c1)N1CCC2(CCC2)C1. The van der Waals surface area contributed by atoms with Crippen LogP contribution >= 0.6 is 0 Å². The van der Waals surface area contributed by atoms with E-state index in [1.54, 1.807) is 0 Å². The van der Waals surface area contributed by atoms with Crippen LogP contribution in [0.5, 0.6) is 0 Å². The summed E-state index contributed by atoms with van der Waals surface area (Å²) in [5.74, 6) is 1.41. The van der Waals surface area contributed by atoms with E-state index in [0.29, 0.717) is 12.0 Å². The maximum Gasteiger partial charge on any atom is 0.227 e. The normalized spacial score (nSPS) is 21.7. The van der Waals surface area contributed by atoms with E-state index in [9.17, 15) is 4.79 Å². The van der Waals surface area contributed by atoms with Gasteiger partial charge in [0.15, 0.2) is 5.96 Å². The standard InChI is InChI=1S/C22H32N4O/c1-2-23-21(26-13-12-22(16-26)10-5-11-22)24-15-17-6-3-9-19(14-17)25-20(27)18-7-4-8-18/h3,6,9,14,18H,2,4-5,7-8,10-13,15-16H2,1H3,(H,23,24)(H,25,27). The molecule has 1 heterocycles. The molecule has 0 atom stereocenters. The molecular formula is C22H32N4O. The zero-order chi connectivity index (χ0) is 18.7. The molecule has 0 bridgehead atoms. The second-order valence-electron chi connectivity index (χ2n) is 8.51. The fourth-order valence-corrected chi connectivity index (χ4v) is 4.45. The molecule has 1 aromatic rings. The lowest BCUT2D eigenvalue weighted by Crippen LogP contribution is -2.42. The first-order valence-corrected chi connectivity index (χ1v) is 10.6. The predicted molar refractivity (Wildman–Crippen MR) is 110 cm³/mol. The number of amides is 1. The molecule has 1 aliphatic heterocycles. The summed E-state index contributed by atoms with van der Waals surface area (Å²) in [4.78, 5) is 19.5. The number of likely N-dealkylation sites (tertiary alicyclic amines) is 1. The predicted octanol–water partition coefficient (Wildman–Crippen LogP) is 3.77. The van der Waals surface area contributed by atoms with Crippen molar-refractivity contribution >= 4 is 17.6 Å². The van der Waals surface area contributed by atoms with E-state index in [1.165, 1.54) is 32.1 Å². The van der Waals surface area contributed by atoms with Crippen molar-refractivity contribution in [2.75, 3.05) is 25.0 Å². The molecular weight excluding hydrogens is 336 g/mol. The molecule has 3 aliphatic rings. The van der Waals surface area contributed by atoms with Crippen molar-refractivity contribution in [3.63, 3.8) is 0 Å². The van der Waals surface area contributed by atoms with Crippen LogP contribution in [0, 0.1) is 11.3 Å². The lowest BCUT2D eigenvalue weighted by atomic mass is 9.68.